The predicted molar refractivity (Wildman–Crippen MR) is 164 cm³/mol. The third kappa shape index (κ3) is 5.55. The molecule has 0 bridgehead atoms. The van der Waals surface area contributed by atoms with Crippen molar-refractivity contribution in [1.29, 1.82) is 0 Å². The Bertz CT molecular complexity index is 1680. The number of H-pyrrole nitrogens is 2. The molecule has 0 saturated heterocycles. The predicted octanol–water partition coefficient (Wildman–Crippen LogP) is 6.98. The summed E-state index contributed by atoms with van der Waals surface area (Å²) in [6, 6.07) is 6.21. The van der Waals surface area contributed by atoms with Crippen molar-refractivity contribution >= 4 is 34.4 Å². The van der Waals surface area contributed by atoms with Gasteiger partial charge in [0.15, 0.2) is 0 Å². The van der Waals surface area contributed by atoms with Crippen LogP contribution in [0.5, 0.6) is 0 Å². The summed E-state index contributed by atoms with van der Waals surface area (Å²) in [5.41, 5.74) is 8.38. The van der Waals surface area contributed by atoms with E-state index < -0.39 is 0 Å². The van der Waals surface area contributed by atoms with Gasteiger partial charge in [-0.15, -0.1) is 0 Å². The molecule has 4 heterocycles. The van der Waals surface area contributed by atoms with E-state index in [4.69, 9.17) is 0 Å². The number of nitrogens with one attached hydrogen (secondary N) is 3. The Morgan fingerprint density at radius 1 is 1.13 bits per heavy atom. The molecule has 6 heteroatoms. The van der Waals surface area contributed by atoms with Gasteiger partial charge in [-0.25, -0.2) is 0 Å². The van der Waals surface area contributed by atoms with Crippen molar-refractivity contribution in [3.63, 3.8) is 0 Å². The van der Waals surface area contributed by atoms with E-state index in [0.717, 1.165) is 66.7 Å². The van der Waals surface area contributed by atoms with E-state index in [1.54, 1.807) is 17.4 Å². The van der Waals surface area contributed by atoms with Crippen LogP contribution in [0.4, 0.5) is 0 Å². The minimum Gasteiger partial charge on any atom is -0.359 e. The van der Waals surface area contributed by atoms with Crippen LogP contribution >= 0.6 is 11.3 Å². The van der Waals surface area contributed by atoms with Crippen molar-refractivity contribution in [3.05, 3.63) is 106 Å². The molecule has 0 aliphatic heterocycles. The van der Waals surface area contributed by atoms with Crippen LogP contribution in [0.25, 0.3) is 45.7 Å². The van der Waals surface area contributed by atoms with Crippen LogP contribution < -0.4 is 15.9 Å². The van der Waals surface area contributed by atoms with Crippen LogP contribution in [0, 0.1) is 5.41 Å². The maximum absolute atomic E-state index is 4.67. The first-order valence-corrected chi connectivity index (χ1v) is 13.5. The lowest BCUT2D eigenvalue weighted by Crippen LogP contribution is -2.24. The molecule has 194 valence electrons. The highest BCUT2D eigenvalue weighted by Crippen LogP contribution is 2.30. The summed E-state index contributed by atoms with van der Waals surface area (Å²) < 4.78 is 0. The number of hydrogen-bond acceptors (Lipinski definition) is 4. The van der Waals surface area contributed by atoms with Gasteiger partial charge in [-0.05, 0) is 66.8 Å². The Kier molecular flexibility index (Phi) is 7.83. The van der Waals surface area contributed by atoms with E-state index >= 15 is 0 Å². The fourth-order valence-corrected chi connectivity index (χ4v) is 4.68. The first kappa shape index (κ1) is 26.9. The van der Waals surface area contributed by atoms with E-state index in [-0.39, 0.29) is 5.41 Å². The van der Waals surface area contributed by atoms with Crippen LogP contribution in [-0.4, -0.2) is 20.2 Å². The number of aromatic nitrogens is 4. The summed E-state index contributed by atoms with van der Waals surface area (Å²) >= 11 is 1.66. The third-order valence-electron chi connectivity index (χ3n) is 6.45. The molecule has 0 aromatic carbocycles. The summed E-state index contributed by atoms with van der Waals surface area (Å²) in [5.74, 6) is 0. The summed E-state index contributed by atoms with van der Waals surface area (Å²) in [6.07, 6.45) is 11.8. The topological polar surface area (TPSA) is 69.4 Å². The van der Waals surface area contributed by atoms with Crippen molar-refractivity contribution < 1.29 is 0 Å². The van der Waals surface area contributed by atoms with Crippen LogP contribution in [0.3, 0.4) is 0 Å². The van der Waals surface area contributed by atoms with Gasteiger partial charge in [0.05, 0.1) is 16.7 Å². The second-order valence-corrected chi connectivity index (χ2v) is 10.9. The third-order valence-corrected chi connectivity index (χ3v) is 7.14. The van der Waals surface area contributed by atoms with Crippen molar-refractivity contribution in [3.8, 4) is 22.6 Å². The van der Waals surface area contributed by atoms with Gasteiger partial charge in [0.2, 0.25) is 0 Å². The monoisotopic (exact) mass is 521 g/mol. The molecule has 0 saturated carbocycles. The van der Waals surface area contributed by atoms with Gasteiger partial charge in [0.25, 0.3) is 0 Å². The number of aromatic amines is 2. The van der Waals surface area contributed by atoms with E-state index in [2.05, 4.69) is 95.0 Å². The molecule has 4 rings (SSSR count). The maximum atomic E-state index is 4.67. The Morgan fingerprint density at radius 3 is 2.55 bits per heavy atom. The second kappa shape index (κ2) is 11.1. The minimum absolute atomic E-state index is 0.0721. The Morgan fingerprint density at radius 2 is 1.92 bits per heavy atom. The fraction of sp³-hybridized carbons (Fsp3) is 0.188. The van der Waals surface area contributed by atoms with E-state index in [9.17, 15) is 0 Å². The molecule has 4 aromatic heterocycles. The van der Waals surface area contributed by atoms with Crippen molar-refractivity contribution in [2.45, 2.75) is 34.6 Å². The van der Waals surface area contributed by atoms with Gasteiger partial charge < -0.3 is 10.3 Å². The first-order chi connectivity index (χ1) is 18.2. The Hall–Kier alpha value is -4.16. The molecular weight excluding hydrogens is 486 g/mol. The standard InChI is InChI=1S/C32H35N5S/c1-9-22(17-24(10-2)34-21(5)32(6,7)8)20(4)16-25-27(11-3)36-37-31(25)29-18-26-28(35-29)12-14-33-30(26)23-13-15-38-19-23/h9-19,34-36H,2,4-5H2,1,3,6-8H3/b22-9+,24-17+,25-16+,27-11+. The van der Waals surface area contributed by atoms with Gasteiger partial charge in [0.1, 0.15) is 5.69 Å². The summed E-state index contributed by atoms with van der Waals surface area (Å²) in [6.45, 7) is 22.9. The van der Waals surface area contributed by atoms with Gasteiger partial charge in [-0.1, -0.05) is 52.7 Å². The van der Waals surface area contributed by atoms with E-state index in [1.165, 1.54) is 0 Å². The molecule has 0 aliphatic rings. The number of pyridine rings is 1. The van der Waals surface area contributed by atoms with Crippen molar-refractivity contribution in [1.82, 2.24) is 25.5 Å². The highest BCUT2D eigenvalue weighted by molar-refractivity contribution is 7.08. The number of rotatable bonds is 8. The molecule has 0 unspecified atom stereocenters. The lowest BCUT2D eigenvalue weighted by Gasteiger charge is -2.24. The zero-order chi connectivity index (χ0) is 27.4. The smallest absolute Gasteiger partial charge is 0.116 e. The van der Waals surface area contributed by atoms with Gasteiger partial charge in [-0.3, -0.25) is 10.1 Å². The average Bonchev–Trinajstić information content (AvgIpc) is 3.64. The first-order valence-electron chi connectivity index (χ1n) is 12.6. The van der Waals surface area contributed by atoms with Crippen LogP contribution in [-0.2, 0) is 0 Å². The fourth-order valence-electron chi connectivity index (χ4n) is 4.04. The van der Waals surface area contributed by atoms with E-state index in [1.807, 2.05) is 44.3 Å². The van der Waals surface area contributed by atoms with Crippen LogP contribution in [0.15, 0.2) is 95.7 Å². The molecule has 0 fully saturated rings. The largest absolute Gasteiger partial charge is 0.359 e. The van der Waals surface area contributed by atoms with Crippen molar-refractivity contribution in [2.24, 2.45) is 5.41 Å². The SMILES string of the molecule is C=C/C(=C\C(=C/C)C(=C)/C=c1/c(-c2cc3c(-c4ccsc4)nccc3[nH]2)n[nH]/c1=C/C)NC(=C)C(C)(C)C. The minimum atomic E-state index is -0.0721. The molecule has 3 N–H and O–H groups in total. The summed E-state index contributed by atoms with van der Waals surface area (Å²) in [4.78, 5) is 8.19. The Labute approximate surface area is 228 Å². The van der Waals surface area contributed by atoms with Crippen molar-refractivity contribution in [2.75, 3.05) is 0 Å². The molecule has 0 amide bonds. The lowest BCUT2D eigenvalue weighted by atomic mass is 9.92. The van der Waals surface area contributed by atoms with Crippen LogP contribution in [0.1, 0.15) is 34.6 Å². The molecule has 0 aliphatic carbocycles. The average molecular weight is 522 g/mol. The van der Waals surface area contributed by atoms with Crippen LogP contribution in [0.2, 0.25) is 0 Å². The normalized spacial score (nSPS) is 13.8. The number of thiophene rings is 1. The summed E-state index contributed by atoms with van der Waals surface area (Å²) in [7, 11) is 0. The quantitative estimate of drug-likeness (QED) is 0.219. The highest BCUT2D eigenvalue weighted by atomic mass is 32.1. The van der Waals surface area contributed by atoms with Gasteiger partial charge in [0, 0.05) is 50.1 Å². The summed E-state index contributed by atoms with van der Waals surface area (Å²) in [5, 5.41) is 18.4. The second-order valence-electron chi connectivity index (χ2n) is 10.1. The van der Waals surface area contributed by atoms with E-state index in [0.29, 0.717) is 0 Å². The molecule has 4 aromatic rings. The lowest BCUT2D eigenvalue weighted by molar-refractivity contribution is 0.478. The molecule has 0 atom stereocenters. The number of hydrogen-bond donors (Lipinski definition) is 3. The molecule has 38 heavy (non-hydrogen) atoms. The number of allylic oxidation sites excluding steroid dienone is 6. The van der Waals surface area contributed by atoms with Gasteiger partial charge >= 0.3 is 0 Å². The molecule has 0 spiro atoms. The highest BCUT2D eigenvalue weighted by Gasteiger charge is 2.16. The maximum Gasteiger partial charge on any atom is 0.116 e. The number of fused-ring (bicyclic) bond motifs is 1. The number of nitrogens with zero attached hydrogens (tertiary/aromatic N) is 2. The zero-order valence-electron chi connectivity index (χ0n) is 22.8. The van der Waals surface area contributed by atoms with Gasteiger partial charge in [-0.2, -0.15) is 16.4 Å². The molecule has 5 nitrogen and oxygen atoms in total. The molecule has 0 radical (unpaired) electrons. The Balaban J connectivity index is 1.76. The zero-order valence-corrected chi connectivity index (χ0v) is 23.6. The molecular formula is C32H35N5S.